The summed E-state index contributed by atoms with van der Waals surface area (Å²) in [5, 5.41) is 32.8. The maximum absolute atomic E-state index is 12.1. The van der Waals surface area contributed by atoms with Gasteiger partial charge >= 0.3 is 0 Å². The molecule has 0 rings (SSSR count). The molecule has 0 saturated heterocycles. The van der Waals surface area contributed by atoms with Crippen LogP contribution in [0.25, 0.3) is 0 Å². The summed E-state index contributed by atoms with van der Waals surface area (Å²) >= 11 is 0. The smallest absolute Gasteiger partial charge is 0.220 e. The molecule has 0 heterocycles. The third kappa shape index (κ3) is 18.4. The normalized spacial score (nSPS) is 14.8. The van der Waals surface area contributed by atoms with Gasteiger partial charge in [0, 0.05) is 6.42 Å². The average Bonchev–Trinajstić information content (AvgIpc) is 2.79. The van der Waals surface area contributed by atoms with Gasteiger partial charge in [0.1, 0.15) is 6.10 Å². The second kappa shape index (κ2) is 23.0. The number of carbonyl (C=O) groups excluding carboxylic acids is 1. The minimum absolute atomic E-state index is 0.197. The molecule has 32 heavy (non-hydrogen) atoms. The van der Waals surface area contributed by atoms with Gasteiger partial charge in [-0.25, -0.2) is 0 Å². The molecular formula is C27H51NO4. The molecule has 0 aromatic rings. The Labute approximate surface area is 197 Å². The molecule has 0 aliphatic carbocycles. The average molecular weight is 454 g/mol. The molecule has 0 radical (unpaired) electrons. The fourth-order valence-electron chi connectivity index (χ4n) is 3.63. The lowest BCUT2D eigenvalue weighted by Gasteiger charge is -2.26. The molecule has 0 aliphatic rings. The van der Waals surface area contributed by atoms with E-state index in [1.807, 2.05) is 0 Å². The highest BCUT2D eigenvalue weighted by molar-refractivity contribution is 5.76. The Morgan fingerprint density at radius 2 is 1.25 bits per heavy atom. The summed E-state index contributed by atoms with van der Waals surface area (Å²) in [4.78, 5) is 12.1. The van der Waals surface area contributed by atoms with Crippen LogP contribution < -0.4 is 5.32 Å². The summed E-state index contributed by atoms with van der Waals surface area (Å²) in [6.45, 7) is 4.02. The van der Waals surface area contributed by atoms with Gasteiger partial charge in [0.25, 0.3) is 0 Å². The van der Waals surface area contributed by atoms with Gasteiger partial charge < -0.3 is 20.6 Å². The molecule has 4 N–H and O–H groups in total. The Kier molecular flexibility index (Phi) is 22.2. The van der Waals surface area contributed by atoms with Crippen molar-refractivity contribution in [2.75, 3.05) is 6.61 Å². The van der Waals surface area contributed by atoms with Crippen LogP contribution in [0.1, 0.15) is 117 Å². The summed E-state index contributed by atoms with van der Waals surface area (Å²) in [6.07, 6.45) is 22.8. The Morgan fingerprint density at radius 1 is 0.750 bits per heavy atom. The Hall–Kier alpha value is -1.17. The standard InChI is InChI=1S/C27H51NO4/c1-3-5-7-9-11-13-15-17-19-21-25(30)27(32)24(23-29)28-26(31)22-20-18-16-14-12-10-8-6-4-2/h13-16,24-25,27,29-30,32H,3-12,17-23H2,1-2H3,(H,28,31)/b15-13+,16-14-. The maximum Gasteiger partial charge on any atom is 0.220 e. The lowest BCUT2D eigenvalue weighted by atomic mass is 10.0. The van der Waals surface area contributed by atoms with Crippen molar-refractivity contribution in [2.45, 2.75) is 135 Å². The number of allylic oxidation sites excluding steroid dienone is 4. The molecule has 0 fully saturated rings. The fourth-order valence-corrected chi connectivity index (χ4v) is 3.63. The first kappa shape index (κ1) is 30.8. The van der Waals surface area contributed by atoms with Gasteiger partial charge in [0.2, 0.25) is 5.91 Å². The molecule has 5 heteroatoms. The molecule has 1 amide bonds. The summed E-state index contributed by atoms with van der Waals surface area (Å²) in [6, 6.07) is -0.833. The summed E-state index contributed by atoms with van der Waals surface area (Å²) in [5.41, 5.74) is 0. The van der Waals surface area contributed by atoms with E-state index in [-0.39, 0.29) is 12.5 Å². The van der Waals surface area contributed by atoms with Gasteiger partial charge in [-0.3, -0.25) is 4.79 Å². The minimum atomic E-state index is -1.16. The van der Waals surface area contributed by atoms with Crippen LogP contribution in [0.4, 0.5) is 0 Å². The van der Waals surface area contributed by atoms with Crippen LogP contribution in [0.2, 0.25) is 0 Å². The lowest BCUT2D eigenvalue weighted by molar-refractivity contribution is -0.124. The first-order chi connectivity index (χ1) is 15.6. The van der Waals surface area contributed by atoms with E-state index in [9.17, 15) is 20.1 Å². The van der Waals surface area contributed by atoms with Crippen LogP contribution >= 0.6 is 0 Å². The van der Waals surface area contributed by atoms with Crippen LogP contribution in [0.5, 0.6) is 0 Å². The third-order valence-electron chi connectivity index (χ3n) is 5.78. The number of hydrogen-bond donors (Lipinski definition) is 4. The number of hydrogen-bond acceptors (Lipinski definition) is 4. The van der Waals surface area contributed by atoms with Crippen LogP contribution in [0, 0.1) is 0 Å². The highest BCUT2D eigenvalue weighted by Gasteiger charge is 2.26. The second-order valence-electron chi connectivity index (χ2n) is 8.88. The molecule has 0 aromatic heterocycles. The first-order valence-electron chi connectivity index (χ1n) is 13.1. The largest absolute Gasteiger partial charge is 0.394 e. The van der Waals surface area contributed by atoms with Crippen LogP contribution in [-0.2, 0) is 4.79 Å². The van der Waals surface area contributed by atoms with E-state index < -0.39 is 18.2 Å². The van der Waals surface area contributed by atoms with Gasteiger partial charge in [-0.1, -0.05) is 76.7 Å². The molecule has 0 spiro atoms. The third-order valence-corrected chi connectivity index (χ3v) is 5.78. The molecular weight excluding hydrogens is 402 g/mol. The summed E-state index contributed by atoms with van der Waals surface area (Å²) in [7, 11) is 0. The number of rotatable bonds is 22. The van der Waals surface area contributed by atoms with Crippen LogP contribution in [0.3, 0.4) is 0 Å². The highest BCUT2D eigenvalue weighted by atomic mass is 16.3. The highest BCUT2D eigenvalue weighted by Crippen LogP contribution is 2.11. The molecule has 0 aliphatic heterocycles. The van der Waals surface area contributed by atoms with E-state index >= 15 is 0 Å². The topological polar surface area (TPSA) is 89.8 Å². The first-order valence-corrected chi connectivity index (χ1v) is 13.1. The molecule has 3 unspecified atom stereocenters. The van der Waals surface area contributed by atoms with E-state index in [0.717, 1.165) is 38.5 Å². The molecule has 188 valence electrons. The van der Waals surface area contributed by atoms with E-state index in [1.54, 1.807) is 0 Å². The van der Waals surface area contributed by atoms with Crippen molar-refractivity contribution < 1.29 is 20.1 Å². The number of nitrogens with one attached hydrogen (secondary N) is 1. The van der Waals surface area contributed by atoms with Gasteiger partial charge in [0.15, 0.2) is 0 Å². The van der Waals surface area contributed by atoms with E-state index in [1.165, 1.54) is 51.4 Å². The van der Waals surface area contributed by atoms with Gasteiger partial charge in [0.05, 0.1) is 18.8 Å². The quantitative estimate of drug-likeness (QED) is 0.127. The molecule has 3 atom stereocenters. The molecule has 0 bridgehead atoms. The SMILES string of the molecule is CCCCCC/C=C\CCCC(=O)NC(CO)C(O)C(O)CCC/C=C/CCCCCC. The Balaban J connectivity index is 3.96. The number of aliphatic hydroxyl groups excluding tert-OH is 3. The van der Waals surface area contributed by atoms with Crippen molar-refractivity contribution in [2.24, 2.45) is 0 Å². The second-order valence-corrected chi connectivity index (χ2v) is 8.88. The van der Waals surface area contributed by atoms with Crippen LogP contribution in [0.15, 0.2) is 24.3 Å². The molecule has 0 saturated carbocycles. The zero-order chi connectivity index (χ0) is 23.9. The summed E-state index contributed by atoms with van der Waals surface area (Å²) < 4.78 is 0. The maximum atomic E-state index is 12.1. The van der Waals surface area contributed by atoms with E-state index in [0.29, 0.717) is 12.8 Å². The Bertz CT molecular complexity index is 478. The number of unbranched alkanes of at least 4 members (excludes halogenated alkanes) is 10. The zero-order valence-corrected chi connectivity index (χ0v) is 20.8. The van der Waals surface area contributed by atoms with Crippen LogP contribution in [-0.4, -0.2) is 46.1 Å². The minimum Gasteiger partial charge on any atom is -0.394 e. The fraction of sp³-hybridized carbons (Fsp3) is 0.815. The van der Waals surface area contributed by atoms with Crippen molar-refractivity contribution in [1.29, 1.82) is 0 Å². The lowest BCUT2D eigenvalue weighted by Crippen LogP contribution is -2.50. The van der Waals surface area contributed by atoms with E-state index in [2.05, 4.69) is 43.5 Å². The number of carbonyl (C=O) groups is 1. The monoisotopic (exact) mass is 453 g/mol. The van der Waals surface area contributed by atoms with Crippen molar-refractivity contribution in [3.8, 4) is 0 Å². The van der Waals surface area contributed by atoms with Gasteiger partial charge in [-0.05, 0) is 57.8 Å². The van der Waals surface area contributed by atoms with Gasteiger partial charge in [-0.2, -0.15) is 0 Å². The van der Waals surface area contributed by atoms with Crippen molar-refractivity contribution in [3.63, 3.8) is 0 Å². The van der Waals surface area contributed by atoms with Gasteiger partial charge in [-0.15, -0.1) is 0 Å². The predicted octanol–water partition coefficient (Wildman–Crippen LogP) is 5.58. The number of amides is 1. The summed E-state index contributed by atoms with van der Waals surface area (Å²) in [5.74, 6) is -0.197. The van der Waals surface area contributed by atoms with Crippen molar-refractivity contribution >= 4 is 5.91 Å². The zero-order valence-electron chi connectivity index (χ0n) is 20.8. The van der Waals surface area contributed by atoms with Crippen molar-refractivity contribution in [3.05, 3.63) is 24.3 Å². The Morgan fingerprint density at radius 3 is 1.75 bits per heavy atom. The molecule has 5 nitrogen and oxygen atoms in total. The number of aliphatic hydroxyl groups is 3. The molecule has 0 aromatic carbocycles. The predicted molar refractivity (Wildman–Crippen MR) is 135 cm³/mol. The van der Waals surface area contributed by atoms with E-state index in [4.69, 9.17) is 0 Å². The van der Waals surface area contributed by atoms with Crippen molar-refractivity contribution in [1.82, 2.24) is 5.32 Å².